The lowest BCUT2D eigenvalue weighted by atomic mass is 9.83. The summed E-state index contributed by atoms with van der Waals surface area (Å²) in [4.78, 5) is 9.24. The molecule has 0 bridgehead atoms. The maximum Gasteiger partial charge on any atom is 0.135 e. The summed E-state index contributed by atoms with van der Waals surface area (Å²) in [6.07, 6.45) is 7.43. The van der Waals surface area contributed by atoms with E-state index in [0.29, 0.717) is 6.04 Å². The first-order valence-corrected chi connectivity index (χ1v) is 8.01. The standard InChI is InChI=1S/C16H28N4/c1-5-12-9-7-8-10-13(12)18-16-11(3)15(17-4)19-14(6-2)20-16/h12-13H,5-10H2,1-4H3,(H2,17,18,19,20). The molecule has 0 aromatic carbocycles. The summed E-state index contributed by atoms with van der Waals surface area (Å²) < 4.78 is 0. The van der Waals surface area contributed by atoms with Gasteiger partial charge in [0, 0.05) is 25.1 Å². The Balaban J connectivity index is 2.23. The third-order valence-corrected chi connectivity index (χ3v) is 4.50. The molecule has 1 aliphatic rings. The lowest BCUT2D eigenvalue weighted by Gasteiger charge is -2.32. The predicted octanol–water partition coefficient (Wildman–Crippen LogP) is 3.77. The van der Waals surface area contributed by atoms with E-state index in [2.05, 4.69) is 36.4 Å². The molecule has 2 unspecified atom stereocenters. The Bertz CT molecular complexity index is 444. The van der Waals surface area contributed by atoms with Crippen LogP contribution in [0.1, 0.15) is 57.3 Å². The molecule has 2 atom stereocenters. The molecule has 1 aromatic heterocycles. The number of nitrogens with one attached hydrogen (secondary N) is 2. The van der Waals surface area contributed by atoms with Crippen molar-refractivity contribution in [3.8, 4) is 0 Å². The zero-order valence-electron chi connectivity index (χ0n) is 13.3. The Morgan fingerprint density at radius 3 is 2.45 bits per heavy atom. The van der Waals surface area contributed by atoms with Crippen LogP contribution in [0.2, 0.25) is 0 Å². The number of aromatic nitrogens is 2. The van der Waals surface area contributed by atoms with E-state index in [1.165, 1.54) is 32.1 Å². The molecular formula is C16H28N4. The molecule has 4 heteroatoms. The minimum Gasteiger partial charge on any atom is -0.373 e. The van der Waals surface area contributed by atoms with Gasteiger partial charge in [-0.2, -0.15) is 0 Å². The van der Waals surface area contributed by atoms with Crippen molar-refractivity contribution < 1.29 is 0 Å². The quantitative estimate of drug-likeness (QED) is 0.859. The highest BCUT2D eigenvalue weighted by atomic mass is 15.1. The van der Waals surface area contributed by atoms with Crippen molar-refractivity contribution in [2.24, 2.45) is 5.92 Å². The highest BCUT2D eigenvalue weighted by molar-refractivity contribution is 5.57. The molecular weight excluding hydrogens is 248 g/mol. The molecule has 1 aliphatic carbocycles. The van der Waals surface area contributed by atoms with Gasteiger partial charge in [0.1, 0.15) is 17.5 Å². The molecule has 0 saturated heterocycles. The largest absolute Gasteiger partial charge is 0.373 e. The average molecular weight is 276 g/mol. The Kier molecular flexibility index (Phi) is 5.21. The molecule has 4 nitrogen and oxygen atoms in total. The van der Waals surface area contributed by atoms with Crippen LogP contribution in [0.15, 0.2) is 0 Å². The van der Waals surface area contributed by atoms with Crippen molar-refractivity contribution in [2.45, 2.75) is 65.3 Å². The van der Waals surface area contributed by atoms with Crippen LogP contribution in [0.5, 0.6) is 0 Å². The second kappa shape index (κ2) is 6.91. The van der Waals surface area contributed by atoms with Crippen LogP contribution in [0, 0.1) is 12.8 Å². The smallest absolute Gasteiger partial charge is 0.135 e. The molecule has 0 spiro atoms. The molecule has 2 N–H and O–H groups in total. The first-order chi connectivity index (χ1) is 9.69. The van der Waals surface area contributed by atoms with Crippen LogP contribution in [-0.4, -0.2) is 23.1 Å². The van der Waals surface area contributed by atoms with Crippen molar-refractivity contribution >= 4 is 11.6 Å². The first-order valence-electron chi connectivity index (χ1n) is 8.01. The van der Waals surface area contributed by atoms with Crippen LogP contribution >= 0.6 is 0 Å². The predicted molar refractivity (Wildman–Crippen MR) is 85.4 cm³/mol. The third-order valence-electron chi connectivity index (χ3n) is 4.50. The summed E-state index contributed by atoms with van der Waals surface area (Å²) in [7, 11) is 1.92. The van der Waals surface area contributed by atoms with E-state index in [1.54, 1.807) is 0 Å². The van der Waals surface area contributed by atoms with Gasteiger partial charge in [-0.15, -0.1) is 0 Å². The fraction of sp³-hybridized carbons (Fsp3) is 0.750. The molecule has 0 radical (unpaired) electrons. The van der Waals surface area contributed by atoms with Crippen LogP contribution in [0.3, 0.4) is 0 Å². The molecule has 0 aliphatic heterocycles. The summed E-state index contributed by atoms with van der Waals surface area (Å²) in [5, 5.41) is 6.89. The fourth-order valence-electron chi connectivity index (χ4n) is 3.17. The Hall–Kier alpha value is -1.32. The summed E-state index contributed by atoms with van der Waals surface area (Å²) in [5.41, 5.74) is 1.13. The molecule has 2 rings (SSSR count). The van der Waals surface area contributed by atoms with Gasteiger partial charge in [-0.05, 0) is 25.7 Å². The van der Waals surface area contributed by atoms with E-state index in [9.17, 15) is 0 Å². The highest BCUT2D eigenvalue weighted by Gasteiger charge is 2.24. The molecule has 1 saturated carbocycles. The normalized spacial score (nSPS) is 22.6. The fourth-order valence-corrected chi connectivity index (χ4v) is 3.17. The summed E-state index contributed by atoms with van der Waals surface area (Å²) in [6.45, 7) is 6.49. The maximum atomic E-state index is 4.70. The van der Waals surface area contributed by atoms with Crippen molar-refractivity contribution in [3.05, 3.63) is 11.4 Å². The van der Waals surface area contributed by atoms with Gasteiger partial charge in [0.25, 0.3) is 0 Å². The number of aryl methyl sites for hydroxylation is 1. The van der Waals surface area contributed by atoms with E-state index >= 15 is 0 Å². The Morgan fingerprint density at radius 2 is 1.80 bits per heavy atom. The number of rotatable bonds is 5. The van der Waals surface area contributed by atoms with Gasteiger partial charge >= 0.3 is 0 Å². The van der Waals surface area contributed by atoms with Gasteiger partial charge in [-0.25, -0.2) is 9.97 Å². The number of anilines is 2. The van der Waals surface area contributed by atoms with Gasteiger partial charge in [-0.1, -0.05) is 33.1 Å². The Labute approximate surface area is 122 Å². The minimum atomic E-state index is 0.566. The van der Waals surface area contributed by atoms with Gasteiger partial charge in [-0.3, -0.25) is 0 Å². The van der Waals surface area contributed by atoms with Crippen LogP contribution < -0.4 is 10.6 Å². The zero-order chi connectivity index (χ0) is 14.5. The minimum absolute atomic E-state index is 0.566. The second-order valence-electron chi connectivity index (χ2n) is 5.77. The topological polar surface area (TPSA) is 49.8 Å². The molecule has 0 amide bonds. The molecule has 1 aromatic rings. The van der Waals surface area contributed by atoms with E-state index in [-0.39, 0.29) is 0 Å². The highest BCUT2D eigenvalue weighted by Crippen LogP contribution is 2.30. The van der Waals surface area contributed by atoms with E-state index in [1.807, 2.05) is 7.05 Å². The van der Waals surface area contributed by atoms with E-state index in [4.69, 9.17) is 4.98 Å². The average Bonchev–Trinajstić information content (AvgIpc) is 2.49. The summed E-state index contributed by atoms with van der Waals surface area (Å²) >= 11 is 0. The number of hydrogen-bond donors (Lipinski definition) is 2. The first kappa shape index (κ1) is 15.1. The summed E-state index contributed by atoms with van der Waals surface area (Å²) in [6, 6.07) is 0.566. The lowest BCUT2D eigenvalue weighted by molar-refractivity contribution is 0.316. The SMILES string of the molecule is CCc1nc(NC)c(C)c(NC2CCCCC2CC)n1. The van der Waals surface area contributed by atoms with Crippen molar-refractivity contribution in [3.63, 3.8) is 0 Å². The van der Waals surface area contributed by atoms with E-state index < -0.39 is 0 Å². The van der Waals surface area contributed by atoms with E-state index in [0.717, 1.165) is 35.4 Å². The molecule has 1 heterocycles. The maximum absolute atomic E-state index is 4.70. The van der Waals surface area contributed by atoms with Crippen LogP contribution in [0.25, 0.3) is 0 Å². The van der Waals surface area contributed by atoms with Gasteiger partial charge in [0.15, 0.2) is 0 Å². The third kappa shape index (κ3) is 3.22. The van der Waals surface area contributed by atoms with Gasteiger partial charge in [0.2, 0.25) is 0 Å². The zero-order valence-corrected chi connectivity index (χ0v) is 13.3. The molecule has 1 fully saturated rings. The lowest BCUT2D eigenvalue weighted by Crippen LogP contribution is -2.32. The van der Waals surface area contributed by atoms with Crippen LogP contribution in [0.4, 0.5) is 11.6 Å². The van der Waals surface area contributed by atoms with Gasteiger partial charge < -0.3 is 10.6 Å². The second-order valence-corrected chi connectivity index (χ2v) is 5.77. The molecule has 20 heavy (non-hydrogen) atoms. The molecule has 112 valence electrons. The van der Waals surface area contributed by atoms with Crippen molar-refractivity contribution in [2.75, 3.05) is 17.7 Å². The van der Waals surface area contributed by atoms with Crippen molar-refractivity contribution in [1.82, 2.24) is 9.97 Å². The Morgan fingerprint density at radius 1 is 1.10 bits per heavy atom. The van der Waals surface area contributed by atoms with Crippen LogP contribution in [-0.2, 0) is 6.42 Å². The number of nitrogens with zero attached hydrogens (tertiary/aromatic N) is 2. The van der Waals surface area contributed by atoms with Gasteiger partial charge in [0.05, 0.1) is 0 Å². The van der Waals surface area contributed by atoms with Crippen molar-refractivity contribution in [1.29, 1.82) is 0 Å². The number of hydrogen-bond acceptors (Lipinski definition) is 4. The monoisotopic (exact) mass is 276 g/mol. The summed E-state index contributed by atoms with van der Waals surface area (Å²) in [5.74, 6) is 3.65.